The first kappa shape index (κ1) is 20.9. The highest BCUT2D eigenvalue weighted by Crippen LogP contribution is 2.21. The molecule has 0 spiro atoms. The SMILES string of the molecule is CCCCCCCCCCCCSCCS[Si](C)(C)C. The Hall–Kier alpha value is 0.917. The van der Waals surface area contributed by atoms with E-state index in [1.165, 1.54) is 81.5 Å². The summed E-state index contributed by atoms with van der Waals surface area (Å²) in [6.07, 6.45) is 14.5. The van der Waals surface area contributed by atoms with Crippen LogP contribution in [0.2, 0.25) is 19.6 Å². The van der Waals surface area contributed by atoms with E-state index >= 15 is 0 Å². The third-order valence-corrected chi connectivity index (χ3v) is 9.22. The van der Waals surface area contributed by atoms with E-state index in [9.17, 15) is 0 Å². The molecule has 0 radical (unpaired) electrons. The maximum Gasteiger partial charge on any atom is 0.108 e. The van der Waals surface area contributed by atoms with Gasteiger partial charge in [0.1, 0.15) is 7.22 Å². The van der Waals surface area contributed by atoms with Gasteiger partial charge in [-0.15, -0.1) is 0 Å². The van der Waals surface area contributed by atoms with Gasteiger partial charge >= 0.3 is 0 Å². The van der Waals surface area contributed by atoms with Gasteiger partial charge in [0.2, 0.25) is 0 Å². The molecule has 0 unspecified atom stereocenters. The molecule has 0 fully saturated rings. The summed E-state index contributed by atoms with van der Waals surface area (Å²) in [7, 11) is -0.857. The normalized spacial score (nSPS) is 12.0. The summed E-state index contributed by atoms with van der Waals surface area (Å²) in [6.45, 7) is 9.64. The molecule has 3 heteroatoms. The maximum atomic E-state index is 2.45. The number of hydrogen-bond donors (Lipinski definition) is 0. The summed E-state index contributed by atoms with van der Waals surface area (Å²) in [5.41, 5.74) is 0. The fourth-order valence-corrected chi connectivity index (χ4v) is 6.82. The highest BCUT2D eigenvalue weighted by molar-refractivity contribution is 8.28. The van der Waals surface area contributed by atoms with Gasteiger partial charge < -0.3 is 0 Å². The van der Waals surface area contributed by atoms with Crippen molar-refractivity contribution in [2.75, 3.05) is 17.3 Å². The molecule has 0 aromatic rings. The Morgan fingerprint density at radius 3 is 1.60 bits per heavy atom. The average Bonchev–Trinajstić information content (AvgIpc) is 2.38. The predicted molar refractivity (Wildman–Crippen MR) is 105 cm³/mol. The quantitative estimate of drug-likeness (QED) is 0.229. The monoisotopic (exact) mass is 334 g/mol. The summed E-state index contributed by atoms with van der Waals surface area (Å²) >= 11 is 4.41. The molecule has 0 saturated heterocycles. The van der Waals surface area contributed by atoms with Crippen LogP contribution in [0, 0.1) is 0 Å². The minimum atomic E-state index is -0.857. The van der Waals surface area contributed by atoms with Crippen LogP contribution >= 0.6 is 23.0 Å². The van der Waals surface area contributed by atoms with Crippen molar-refractivity contribution >= 4 is 30.2 Å². The van der Waals surface area contributed by atoms with E-state index in [4.69, 9.17) is 0 Å². The Labute approximate surface area is 138 Å². The lowest BCUT2D eigenvalue weighted by Gasteiger charge is -2.14. The molecule has 0 aliphatic rings. The fraction of sp³-hybridized carbons (Fsp3) is 1.00. The van der Waals surface area contributed by atoms with Gasteiger partial charge in [-0.05, 0) is 17.9 Å². The molecule has 0 saturated carbocycles. The number of hydrogen-bond acceptors (Lipinski definition) is 2. The van der Waals surface area contributed by atoms with E-state index in [0.717, 1.165) is 0 Å². The third-order valence-electron chi connectivity index (χ3n) is 3.40. The van der Waals surface area contributed by atoms with Crippen molar-refractivity contribution < 1.29 is 0 Å². The van der Waals surface area contributed by atoms with Crippen LogP contribution in [-0.2, 0) is 0 Å². The molecule has 0 aliphatic carbocycles. The largest absolute Gasteiger partial charge is 0.185 e. The summed E-state index contributed by atoms with van der Waals surface area (Å²) in [5, 5.41) is 0. The van der Waals surface area contributed by atoms with E-state index < -0.39 is 7.22 Å². The Morgan fingerprint density at radius 1 is 0.600 bits per heavy atom. The van der Waals surface area contributed by atoms with Gasteiger partial charge in [-0.3, -0.25) is 0 Å². The number of rotatable bonds is 15. The molecule has 0 heterocycles. The van der Waals surface area contributed by atoms with Crippen LogP contribution in [0.5, 0.6) is 0 Å². The second-order valence-corrected chi connectivity index (χ2v) is 17.4. The summed E-state index contributed by atoms with van der Waals surface area (Å²) < 4.78 is 0. The van der Waals surface area contributed by atoms with Gasteiger partial charge in [0.15, 0.2) is 0 Å². The van der Waals surface area contributed by atoms with E-state index in [1.54, 1.807) is 0 Å². The minimum absolute atomic E-state index is 0.857. The summed E-state index contributed by atoms with van der Waals surface area (Å²) in [4.78, 5) is 0. The summed E-state index contributed by atoms with van der Waals surface area (Å²) in [6, 6.07) is 0. The molecule has 0 aliphatic heterocycles. The highest BCUT2D eigenvalue weighted by atomic mass is 32.4. The van der Waals surface area contributed by atoms with Crippen molar-refractivity contribution in [2.45, 2.75) is 90.8 Å². The zero-order valence-corrected chi connectivity index (χ0v) is 17.1. The van der Waals surface area contributed by atoms with Crippen LogP contribution in [0.15, 0.2) is 0 Å². The van der Waals surface area contributed by atoms with Crippen LogP contribution in [0.4, 0.5) is 0 Å². The molecular formula is C17H38S2Si. The Kier molecular flexibility index (Phi) is 15.5. The van der Waals surface area contributed by atoms with Crippen LogP contribution in [0.3, 0.4) is 0 Å². The molecule has 20 heavy (non-hydrogen) atoms. The molecule has 0 amide bonds. The van der Waals surface area contributed by atoms with E-state index in [0.29, 0.717) is 0 Å². The standard InChI is InChI=1S/C17H38S2Si/c1-5-6-7-8-9-10-11-12-13-14-15-18-16-17-19-20(2,3)4/h5-17H2,1-4H3. The molecule has 122 valence electrons. The van der Waals surface area contributed by atoms with Crippen molar-refractivity contribution in [3.8, 4) is 0 Å². The molecule has 0 aromatic carbocycles. The van der Waals surface area contributed by atoms with Gasteiger partial charge in [0, 0.05) is 5.75 Å². The van der Waals surface area contributed by atoms with Crippen LogP contribution in [0.1, 0.15) is 71.1 Å². The van der Waals surface area contributed by atoms with Crippen molar-refractivity contribution in [2.24, 2.45) is 0 Å². The number of unbranched alkanes of at least 4 members (excludes halogenated alkanes) is 9. The molecule has 0 bridgehead atoms. The first-order valence-electron chi connectivity index (χ1n) is 8.78. The first-order chi connectivity index (χ1) is 9.56. The molecule has 0 atom stereocenters. The fourth-order valence-electron chi connectivity index (χ4n) is 2.20. The van der Waals surface area contributed by atoms with E-state index in [2.05, 4.69) is 49.5 Å². The topological polar surface area (TPSA) is 0 Å². The third kappa shape index (κ3) is 18.9. The van der Waals surface area contributed by atoms with Gasteiger partial charge in [-0.25, -0.2) is 0 Å². The van der Waals surface area contributed by atoms with E-state index in [1.807, 2.05) is 0 Å². The average molecular weight is 335 g/mol. The predicted octanol–water partition coefficient (Wildman–Crippen LogP) is 7.21. The maximum absolute atomic E-state index is 2.45. The lowest BCUT2D eigenvalue weighted by atomic mass is 10.1. The Bertz CT molecular complexity index is 190. The van der Waals surface area contributed by atoms with Crippen LogP contribution < -0.4 is 0 Å². The second-order valence-electron chi connectivity index (χ2n) is 6.76. The molecule has 0 nitrogen and oxygen atoms in total. The van der Waals surface area contributed by atoms with Crippen molar-refractivity contribution in [1.82, 2.24) is 0 Å². The summed E-state index contributed by atoms with van der Waals surface area (Å²) in [5.74, 6) is 4.13. The Balaban J connectivity index is 2.99. The van der Waals surface area contributed by atoms with Crippen LogP contribution in [-0.4, -0.2) is 24.5 Å². The van der Waals surface area contributed by atoms with Gasteiger partial charge in [0.25, 0.3) is 0 Å². The molecule has 0 aromatic heterocycles. The second kappa shape index (κ2) is 14.8. The van der Waals surface area contributed by atoms with E-state index in [-0.39, 0.29) is 0 Å². The van der Waals surface area contributed by atoms with Gasteiger partial charge in [0.05, 0.1) is 0 Å². The van der Waals surface area contributed by atoms with Crippen LogP contribution in [0.25, 0.3) is 0 Å². The smallest absolute Gasteiger partial charge is 0.108 e. The lowest BCUT2D eigenvalue weighted by Crippen LogP contribution is -2.15. The van der Waals surface area contributed by atoms with Crippen molar-refractivity contribution in [1.29, 1.82) is 0 Å². The van der Waals surface area contributed by atoms with Crippen molar-refractivity contribution in [3.05, 3.63) is 0 Å². The lowest BCUT2D eigenvalue weighted by molar-refractivity contribution is 0.563. The first-order valence-corrected chi connectivity index (χ1v) is 15.1. The van der Waals surface area contributed by atoms with Gasteiger partial charge in [-0.1, -0.05) is 84.4 Å². The minimum Gasteiger partial charge on any atom is -0.185 e. The molecule has 0 N–H and O–H groups in total. The van der Waals surface area contributed by atoms with Crippen molar-refractivity contribution in [3.63, 3.8) is 0 Å². The van der Waals surface area contributed by atoms with Gasteiger partial charge in [-0.2, -0.15) is 23.0 Å². The molecule has 0 rings (SSSR count). The highest BCUT2D eigenvalue weighted by Gasteiger charge is 2.12. The molecular weight excluding hydrogens is 296 g/mol. The zero-order valence-electron chi connectivity index (χ0n) is 14.5. The Morgan fingerprint density at radius 2 is 1.10 bits per heavy atom. The zero-order chi connectivity index (χ0) is 15.1. The number of thioether (sulfide) groups is 1.